The van der Waals surface area contributed by atoms with Crippen molar-refractivity contribution in [3.63, 3.8) is 0 Å². The maximum Gasteiger partial charge on any atom is 0.307 e. The average Bonchev–Trinajstić information content (AvgIpc) is 3.22. The van der Waals surface area contributed by atoms with Crippen LogP contribution in [0.1, 0.15) is 16.1 Å². The molecule has 0 aliphatic heterocycles. The fourth-order valence-electron chi connectivity index (χ4n) is 2.92. The summed E-state index contributed by atoms with van der Waals surface area (Å²) in [6.45, 7) is -0.188. The maximum absolute atomic E-state index is 12.3. The van der Waals surface area contributed by atoms with Crippen LogP contribution in [0.5, 0.6) is 5.75 Å². The van der Waals surface area contributed by atoms with Crippen LogP contribution in [0.3, 0.4) is 0 Å². The number of anilines is 1. The van der Waals surface area contributed by atoms with Crippen molar-refractivity contribution < 1.29 is 18.7 Å². The molecule has 2 N–H and O–H groups in total. The summed E-state index contributed by atoms with van der Waals surface area (Å²) < 4.78 is 11.9. The summed E-state index contributed by atoms with van der Waals surface area (Å²) in [6, 6.07) is 21.1. The van der Waals surface area contributed by atoms with Gasteiger partial charge < -0.3 is 14.5 Å². The summed E-state index contributed by atoms with van der Waals surface area (Å²) in [5.74, 6) is -0.275. The topological polar surface area (TPSA) is 92.9 Å². The van der Waals surface area contributed by atoms with Crippen LogP contribution < -0.4 is 15.5 Å². The second-order valence-electron chi connectivity index (χ2n) is 6.88. The predicted molar refractivity (Wildman–Crippen MR) is 131 cm³/mol. The quantitative estimate of drug-likeness (QED) is 0.241. The van der Waals surface area contributed by atoms with Crippen molar-refractivity contribution >= 4 is 62.2 Å². The highest BCUT2D eigenvalue weighted by Crippen LogP contribution is 2.25. The second kappa shape index (κ2) is 10.3. The van der Waals surface area contributed by atoms with Gasteiger partial charge >= 0.3 is 5.91 Å². The van der Waals surface area contributed by atoms with E-state index in [0.29, 0.717) is 27.6 Å². The summed E-state index contributed by atoms with van der Waals surface area (Å²) in [7, 11) is 0. The Morgan fingerprint density at radius 2 is 1.88 bits per heavy atom. The monoisotopic (exact) mass is 525 g/mol. The third kappa shape index (κ3) is 6.00. The first-order valence-electron chi connectivity index (χ1n) is 9.78. The highest BCUT2D eigenvalue weighted by Gasteiger charge is 2.12. The van der Waals surface area contributed by atoms with Crippen LogP contribution in [0.15, 0.2) is 86.8 Å². The zero-order valence-electron chi connectivity index (χ0n) is 17.0. The van der Waals surface area contributed by atoms with Crippen LogP contribution in [-0.2, 0) is 4.79 Å². The molecule has 0 unspecified atom stereocenters. The molecule has 0 spiro atoms. The minimum absolute atomic E-state index is 0.149. The molecule has 0 saturated carbocycles. The second-order valence-corrected chi connectivity index (χ2v) is 8.21. The van der Waals surface area contributed by atoms with Crippen molar-refractivity contribution in [1.82, 2.24) is 5.43 Å². The van der Waals surface area contributed by atoms with Crippen LogP contribution in [0.4, 0.5) is 5.69 Å². The number of carbonyl (C=O) groups is 2. The van der Waals surface area contributed by atoms with Gasteiger partial charge in [0, 0.05) is 15.5 Å². The van der Waals surface area contributed by atoms with Gasteiger partial charge in [-0.25, -0.2) is 5.43 Å². The Hall–Kier alpha value is -3.62. The third-order valence-corrected chi connectivity index (χ3v) is 5.24. The van der Waals surface area contributed by atoms with Gasteiger partial charge in [0.05, 0.1) is 11.2 Å². The molecule has 0 radical (unpaired) electrons. The van der Waals surface area contributed by atoms with Crippen molar-refractivity contribution in [1.29, 1.82) is 0 Å². The number of benzene rings is 3. The molecule has 0 bridgehead atoms. The number of para-hydroxylation sites is 1. The molecule has 33 heavy (non-hydrogen) atoms. The Morgan fingerprint density at radius 3 is 2.67 bits per heavy atom. The van der Waals surface area contributed by atoms with Gasteiger partial charge in [-0.2, -0.15) is 5.10 Å². The first-order valence-corrected chi connectivity index (χ1v) is 10.9. The number of hydrogen-bond donors (Lipinski definition) is 2. The molecule has 1 heterocycles. The summed E-state index contributed by atoms with van der Waals surface area (Å²) >= 11 is 9.63. The van der Waals surface area contributed by atoms with Gasteiger partial charge in [-0.3, -0.25) is 9.59 Å². The molecule has 1 aromatic heterocycles. The van der Waals surface area contributed by atoms with Crippen molar-refractivity contribution in [3.05, 3.63) is 93.6 Å². The number of amides is 2. The summed E-state index contributed by atoms with van der Waals surface area (Å²) in [4.78, 5) is 24.3. The largest absolute Gasteiger partial charge is 0.482 e. The van der Waals surface area contributed by atoms with Crippen molar-refractivity contribution in [2.75, 3.05) is 11.9 Å². The molecule has 7 nitrogen and oxygen atoms in total. The highest BCUT2D eigenvalue weighted by molar-refractivity contribution is 9.10. The minimum atomic E-state index is -0.478. The predicted octanol–water partition coefficient (Wildman–Crippen LogP) is 5.63. The fourth-order valence-corrected chi connectivity index (χ4v) is 3.55. The lowest BCUT2D eigenvalue weighted by Crippen LogP contribution is -2.20. The zero-order valence-corrected chi connectivity index (χ0v) is 19.4. The van der Waals surface area contributed by atoms with Gasteiger partial charge in [-0.05, 0) is 60.2 Å². The lowest BCUT2D eigenvalue weighted by molar-refractivity contribution is -0.118. The first-order chi connectivity index (χ1) is 16.0. The summed E-state index contributed by atoms with van der Waals surface area (Å²) in [5.41, 5.74) is 4.34. The molecule has 0 atom stereocenters. The third-order valence-electron chi connectivity index (χ3n) is 4.45. The summed E-state index contributed by atoms with van der Waals surface area (Å²) in [6.07, 6.45) is 1.44. The number of hydrazone groups is 1. The van der Waals surface area contributed by atoms with Gasteiger partial charge in [0.1, 0.15) is 11.3 Å². The van der Waals surface area contributed by atoms with E-state index in [1.54, 1.807) is 42.5 Å². The Labute approximate surface area is 202 Å². The fraction of sp³-hybridized carbons (Fsp3) is 0.0417. The average molecular weight is 527 g/mol. The lowest BCUT2D eigenvalue weighted by Gasteiger charge is -2.09. The minimum Gasteiger partial charge on any atom is -0.482 e. The lowest BCUT2D eigenvalue weighted by atomic mass is 10.2. The van der Waals surface area contributed by atoms with Gasteiger partial charge in [-0.15, -0.1) is 0 Å². The Balaban J connectivity index is 1.31. The van der Waals surface area contributed by atoms with E-state index in [2.05, 4.69) is 31.8 Å². The molecule has 2 amide bonds. The molecular weight excluding hydrogens is 510 g/mol. The number of nitrogens with zero attached hydrogens (tertiary/aromatic N) is 1. The molecule has 4 aromatic rings. The molecule has 4 rings (SSSR count). The number of fused-ring (bicyclic) bond motifs is 1. The molecular formula is C24H17BrClN3O4. The van der Waals surface area contributed by atoms with E-state index < -0.39 is 5.91 Å². The number of rotatable bonds is 7. The van der Waals surface area contributed by atoms with Gasteiger partial charge in [0.25, 0.3) is 5.91 Å². The van der Waals surface area contributed by atoms with Crippen LogP contribution in [0.2, 0.25) is 5.02 Å². The van der Waals surface area contributed by atoms with E-state index >= 15 is 0 Å². The number of nitrogens with one attached hydrogen (secondary N) is 2. The summed E-state index contributed by atoms with van der Waals surface area (Å²) in [5, 5.41) is 7.78. The molecule has 0 aliphatic rings. The number of furan rings is 1. The van der Waals surface area contributed by atoms with Gasteiger partial charge in [0.2, 0.25) is 0 Å². The van der Waals surface area contributed by atoms with Crippen LogP contribution in [-0.4, -0.2) is 24.6 Å². The number of ether oxygens (including phenoxy) is 1. The van der Waals surface area contributed by atoms with E-state index in [1.807, 2.05) is 30.3 Å². The number of carbonyl (C=O) groups excluding carboxylic acids is 2. The van der Waals surface area contributed by atoms with Crippen LogP contribution in [0, 0.1) is 0 Å². The molecule has 3 aromatic carbocycles. The standard InChI is InChI=1S/C24H17BrClN3O4/c25-17-7-9-20-16(11-17)12-22(33-20)24(31)29-27-13-15-6-8-21(19(26)10-15)32-14-23(30)28-18-4-2-1-3-5-18/h1-13H,14H2,(H,28,30)(H,29,31)/b27-13+. The Bertz CT molecular complexity index is 1340. The van der Waals surface area contributed by atoms with E-state index in [0.717, 1.165) is 9.86 Å². The Kier molecular flexibility index (Phi) is 7.07. The van der Waals surface area contributed by atoms with Gasteiger partial charge in [0.15, 0.2) is 12.4 Å². The van der Waals surface area contributed by atoms with E-state index in [9.17, 15) is 9.59 Å². The molecule has 0 fully saturated rings. The van der Waals surface area contributed by atoms with Crippen LogP contribution in [0.25, 0.3) is 11.0 Å². The van der Waals surface area contributed by atoms with Crippen molar-refractivity contribution in [2.24, 2.45) is 5.10 Å². The van der Waals surface area contributed by atoms with Crippen molar-refractivity contribution in [3.8, 4) is 5.75 Å². The molecule has 0 saturated heterocycles. The van der Waals surface area contributed by atoms with Crippen LogP contribution >= 0.6 is 27.5 Å². The van der Waals surface area contributed by atoms with Crippen molar-refractivity contribution in [2.45, 2.75) is 0 Å². The highest BCUT2D eigenvalue weighted by atomic mass is 79.9. The molecule has 0 aliphatic carbocycles. The molecule has 9 heteroatoms. The van der Waals surface area contributed by atoms with Gasteiger partial charge in [-0.1, -0.05) is 45.7 Å². The number of hydrogen-bond acceptors (Lipinski definition) is 5. The molecule has 166 valence electrons. The number of halogens is 2. The van der Waals surface area contributed by atoms with E-state index in [-0.39, 0.29) is 18.3 Å². The van der Waals surface area contributed by atoms with E-state index in [4.69, 9.17) is 20.8 Å². The normalized spacial score (nSPS) is 11.0. The Morgan fingerprint density at radius 1 is 1.06 bits per heavy atom. The SMILES string of the molecule is O=C(COc1ccc(/C=N/NC(=O)c2cc3cc(Br)ccc3o2)cc1Cl)Nc1ccccc1. The van der Waals surface area contributed by atoms with E-state index in [1.165, 1.54) is 6.21 Å². The smallest absolute Gasteiger partial charge is 0.307 e. The zero-order chi connectivity index (χ0) is 23.2. The maximum atomic E-state index is 12.3. The first kappa shape index (κ1) is 22.6.